The van der Waals surface area contributed by atoms with Crippen LogP contribution in [0.5, 0.6) is 5.75 Å². The lowest BCUT2D eigenvalue weighted by Gasteiger charge is -2.12. The number of anilines is 1. The Morgan fingerprint density at radius 2 is 1.92 bits per heavy atom. The van der Waals surface area contributed by atoms with Gasteiger partial charge >= 0.3 is 0 Å². The number of halogens is 1. The fourth-order valence-corrected chi connectivity index (χ4v) is 4.40. The second-order valence-electron chi connectivity index (χ2n) is 9.30. The maximum atomic E-state index is 14.6. The standard InChI is InChI=1S/C28H25FN8O/c1-37(2)7-8-38-20-11-16(9-18(29)12-20)21-5-6-32-28-22(21)13-25(34-28)27-26-24(35-36-27)4-3-23(33-26)17-10-19(30)15-31-14-17/h3-6,9-15H,7-8,30H2,1-2H3,(H,32,34)(H,35,36). The Morgan fingerprint density at radius 3 is 2.76 bits per heavy atom. The largest absolute Gasteiger partial charge is 0.492 e. The molecular weight excluding hydrogens is 483 g/mol. The number of H-pyrrole nitrogens is 2. The number of fused-ring (bicyclic) bond motifs is 2. The maximum Gasteiger partial charge on any atom is 0.138 e. The van der Waals surface area contributed by atoms with Crippen LogP contribution in [-0.2, 0) is 0 Å². The number of aromatic amines is 2. The van der Waals surface area contributed by atoms with Gasteiger partial charge in [0.25, 0.3) is 0 Å². The molecule has 1 aromatic carbocycles. The molecule has 0 radical (unpaired) electrons. The number of aromatic nitrogens is 6. The van der Waals surface area contributed by atoms with Crippen molar-refractivity contribution < 1.29 is 9.13 Å². The van der Waals surface area contributed by atoms with E-state index in [2.05, 4.69) is 25.1 Å². The van der Waals surface area contributed by atoms with E-state index in [1.165, 1.54) is 12.1 Å². The summed E-state index contributed by atoms with van der Waals surface area (Å²) in [5.74, 6) is 0.114. The van der Waals surface area contributed by atoms with Gasteiger partial charge in [-0.05, 0) is 67.7 Å². The zero-order valence-corrected chi connectivity index (χ0v) is 20.9. The summed E-state index contributed by atoms with van der Waals surface area (Å²) in [7, 11) is 3.93. The molecular formula is C28H25FN8O. The zero-order valence-electron chi connectivity index (χ0n) is 20.9. The molecule has 4 N–H and O–H groups in total. The number of hydrogen-bond acceptors (Lipinski definition) is 7. The molecule has 0 aliphatic carbocycles. The predicted molar refractivity (Wildman–Crippen MR) is 146 cm³/mol. The number of benzene rings is 1. The van der Waals surface area contributed by atoms with Gasteiger partial charge in [0.1, 0.15) is 35.0 Å². The molecule has 0 bridgehead atoms. The summed E-state index contributed by atoms with van der Waals surface area (Å²) in [5, 5.41) is 8.40. The van der Waals surface area contributed by atoms with Crippen LogP contribution in [0.25, 0.3) is 55.8 Å². The Bertz CT molecular complexity index is 1770. The number of nitrogens with zero attached hydrogens (tertiary/aromatic N) is 5. The molecule has 0 unspecified atom stereocenters. The predicted octanol–water partition coefficient (Wildman–Crippen LogP) is 4.89. The van der Waals surface area contributed by atoms with E-state index in [9.17, 15) is 4.39 Å². The highest BCUT2D eigenvalue weighted by atomic mass is 19.1. The molecule has 5 aromatic heterocycles. The van der Waals surface area contributed by atoms with Crippen molar-refractivity contribution in [2.45, 2.75) is 0 Å². The van der Waals surface area contributed by atoms with Gasteiger partial charge in [0.15, 0.2) is 0 Å². The lowest BCUT2D eigenvalue weighted by molar-refractivity contribution is 0.260. The van der Waals surface area contributed by atoms with Crippen molar-refractivity contribution in [3.05, 3.63) is 72.9 Å². The molecule has 0 amide bonds. The first-order chi connectivity index (χ1) is 18.4. The monoisotopic (exact) mass is 508 g/mol. The normalized spacial score (nSPS) is 11.6. The minimum absolute atomic E-state index is 0.367. The minimum atomic E-state index is -0.367. The number of hydrogen-bond donors (Lipinski definition) is 3. The molecule has 190 valence electrons. The van der Waals surface area contributed by atoms with Gasteiger partial charge in [-0.1, -0.05) is 0 Å². The van der Waals surface area contributed by atoms with Crippen molar-refractivity contribution in [3.63, 3.8) is 0 Å². The van der Waals surface area contributed by atoms with E-state index >= 15 is 0 Å². The highest BCUT2D eigenvalue weighted by molar-refractivity contribution is 5.99. The molecule has 0 saturated heterocycles. The first-order valence-electron chi connectivity index (χ1n) is 12.1. The lowest BCUT2D eigenvalue weighted by Crippen LogP contribution is -2.19. The second-order valence-corrected chi connectivity index (χ2v) is 9.30. The topological polar surface area (TPSA) is 122 Å². The third kappa shape index (κ3) is 4.53. The number of nitrogen functional groups attached to an aromatic ring is 1. The van der Waals surface area contributed by atoms with Gasteiger partial charge in [0.05, 0.1) is 22.6 Å². The molecule has 10 heteroatoms. The van der Waals surface area contributed by atoms with Gasteiger partial charge in [0, 0.05) is 42.2 Å². The summed E-state index contributed by atoms with van der Waals surface area (Å²) in [6.07, 6.45) is 5.01. The summed E-state index contributed by atoms with van der Waals surface area (Å²) in [4.78, 5) is 18.9. The molecule has 5 heterocycles. The van der Waals surface area contributed by atoms with Crippen molar-refractivity contribution in [3.8, 4) is 39.5 Å². The molecule has 38 heavy (non-hydrogen) atoms. The summed E-state index contributed by atoms with van der Waals surface area (Å²) in [6.45, 7) is 1.19. The van der Waals surface area contributed by atoms with Gasteiger partial charge in [0.2, 0.25) is 0 Å². The molecule has 0 fully saturated rings. The molecule has 0 saturated carbocycles. The van der Waals surface area contributed by atoms with Gasteiger partial charge in [-0.2, -0.15) is 5.10 Å². The lowest BCUT2D eigenvalue weighted by atomic mass is 10.0. The summed E-state index contributed by atoms with van der Waals surface area (Å²) in [6, 6.07) is 14.2. The zero-order chi connectivity index (χ0) is 26.2. The summed E-state index contributed by atoms with van der Waals surface area (Å²) >= 11 is 0. The number of likely N-dealkylation sites (N-methyl/N-ethyl adjacent to an activating group) is 1. The van der Waals surface area contributed by atoms with Crippen molar-refractivity contribution >= 4 is 27.8 Å². The maximum absolute atomic E-state index is 14.6. The van der Waals surface area contributed by atoms with Crippen LogP contribution in [0, 0.1) is 5.82 Å². The molecule has 0 spiro atoms. The highest BCUT2D eigenvalue weighted by Gasteiger charge is 2.17. The second kappa shape index (κ2) is 9.56. The number of ether oxygens (including phenoxy) is 1. The van der Waals surface area contributed by atoms with Crippen LogP contribution in [0.4, 0.5) is 10.1 Å². The van der Waals surface area contributed by atoms with Crippen LogP contribution >= 0.6 is 0 Å². The van der Waals surface area contributed by atoms with E-state index in [1.807, 2.05) is 55.4 Å². The van der Waals surface area contributed by atoms with Crippen molar-refractivity contribution in [1.82, 2.24) is 35.0 Å². The summed E-state index contributed by atoms with van der Waals surface area (Å²) < 4.78 is 20.4. The summed E-state index contributed by atoms with van der Waals surface area (Å²) in [5.41, 5.74) is 13.1. The Morgan fingerprint density at radius 1 is 1.03 bits per heavy atom. The molecule has 6 rings (SSSR count). The van der Waals surface area contributed by atoms with Gasteiger partial charge in [-0.25, -0.2) is 14.4 Å². The SMILES string of the molecule is CN(C)CCOc1cc(F)cc(-c2ccnc3[nH]c(-c4n[nH]c5ccc(-c6cncc(N)c6)nc45)cc23)c1. The Balaban J connectivity index is 1.40. The Labute approximate surface area is 217 Å². The molecule has 9 nitrogen and oxygen atoms in total. The third-order valence-corrected chi connectivity index (χ3v) is 6.24. The van der Waals surface area contributed by atoms with Crippen LogP contribution in [-0.4, -0.2) is 62.3 Å². The molecule has 0 aliphatic rings. The quantitative estimate of drug-likeness (QED) is 0.281. The molecule has 0 atom stereocenters. The highest BCUT2D eigenvalue weighted by Crippen LogP contribution is 2.35. The fraction of sp³-hybridized carbons (Fsp3) is 0.143. The first-order valence-corrected chi connectivity index (χ1v) is 12.1. The molecule has 6 aromatic rings. The molecule has 0 aliphatic heterocycles. The number of nitrogens with one attached hydrogen (secondary N) is 2. The van der Waals surface area contributed by atoms with Crippen LogP contribution in [0.1, 0.15) is 0 Å². The van der Waals surface area contributed by atoms with E-state index in [0.29, 0.717) is 40.5 Å². The first kappa shape index (κ1) is 23.6. The van der Waals surface area contributed by atoms with Crippen molar-refractivity contribution in [2.24, 2.45) is 0 Å². The van der Waals surface area contributed by atoms with E-state index in [4.69, 9.17) is 15.5 Å². The van der Waals surface area contributed by atoms with Gasteiger partial charge in [-0.3, -0.25) is 10.1 Å². The van der Waals surface area contributed by atoms with Crippen LogP contribution in [0.15, 0.2) is 67.1 Å². The van der Waals surface area contributed by atoms with E-state index in [-0.39, 0.29) is 5.82 Å². The van der Waals surface area contributed by atoms with Gasteiger partial charge < -0.3 is 20.4 Å². The van der Waals surface area contributed by atoms with E-state index in [1.54, 1.807) is 18.6 Å². The Kier molecular flexibility index (Phi) is 5.93. The Hall–Kier alpha value is -4.83. The average molecular weight is 509 g/mol. The van der Waals surface area contributed by atoms with E-state index in [0.717, 1.165) is 40.0 Å². The minimum Gasteiger partial charge on any atom is -0.492 e. The smallest absolute Gasteiger partial charge is 0.138 e. The van der Waals surface area contributed by atoms with Crippen LogP contribution in [0.2, 0.25) is 0 Å². The van der Waals surface area contributed by atoms with Gasteiger partial charge in [-0.15, -0.1) is 0 Å². The van der Waals surface area contributed by atoms with Crippen molar-refractivity contribution in [1.29, 1.82) is 0 Å². The number of nitrogens with two attached hydrogens (primary N) is 1. The fourth-order valence-electron chi connectivity index (χ4n) is 4.40. The van der Waals surface area contributed by atoms with Crippen LogP contribution < -0.4 is 10.5 Å². The number of pyridine rings is 3. The third-order valence-electron chi connectivity index (χ3n) is 6.24. The average Bonchev–Trinajstić information content (AvgIpc) is 3.51. The van der Waals surface area contributed by atoms with Crippen molar-refractivity contribution in [2.75, 3.05) is 33.0 Å². The number of rotatable bonds is 7. The van der Waals surface area contributed by atoms with Crippen LogP contribution in [0.3, 0.4) is 0 Å². The van der Waals surface area contributed by atoms with E-state index < -0.39 is 0 Å².